The molecule has 0 bridgehead atoms. The molecule has 0 unspecified atom stereocenters. The minimum atomic E-state index is 0.787. The Labute approximate surface area is 166 Å². The van der Waals surface area contributed by atoms with E-state index in [1.54, 1.807) is 34.4 Å². The third kappa shape index (κ3) is 3.48. The Hall–Kier alpha value is -1.56. The van der Waals surface area contributed by atoms with E-state index in [1.807, 2.05) is 6.07 Å². The monoisotopic (exact) mass is 399 g/mol. The van der Waals surface area contributed by atoms with Crippen LogP contribution in [-0.2, 0) is 6.42 Å². The number of benzene rings is 1. The minimum absolute atomic E-state index is 0.787. The molecule has 3 aromatic rings. The average molecular weight is 400 g/mol. The van der Waals surface area contributed by atoms with E-state index in [1.165, 1.54) is 51.0 Å². The van der Waals surface area contributed by atoms with E-state index in [4.69, 9.17) is 0 Å². The first kappa shape index (κ1) is 17.8. The number of aldehydes is 1. The number of nitrogens with zero attached hydrogens (tertiary/aromatic N) is 1. The summed E-state index contributed by atoms with van der Waals surface area (Å²) in [6.07, 6.45) is 7.28. The standard InChI is InChI=1S/C21H21NOS3/c1-2-3-4-5-6-15-7-9-16(10-8-15)22-18-11-12-24-20(18)26-21-19(22)13-17(14-23)25-21/h7-14H,2-6H2,1H3. The lowest BCUT2D eigenvalue weighted by atomic mass is 10.1. The molecular formula is C21H21NOS3. The average Bonchev–Trinajstić information content (AvgIpc) is 3.30. The first-order chi connectivity index (χ1) is 12.8. The molecule has 1 aliphatic rings. The predicted octanol–water partition coefficient (Wildman–Crippen LogP) is 7.68. The van der Waals surface area contributed by atoms with Crippen LogP contribution >= 0.6 is 34.4 Å². The Bertz CT molecular complexity index is 894. The number of anilines is 3. The van der Waals surface area contributed by atoms with Crippen LogP contribution in [-0.4, -0.2) is 6.29 Å². The normalized spacial score (nSPS) is 12.7. The molecule has 3 heterocycles. The summed E-state index contributed by atoms with van der Waals surface area (Å²) in [4.78, 5) is 14.3. The Balaban J connectivity index is 1.61. The zero-order valence-electron chi connectivity index (χ0n) is 14.7. The van der Waals surface area contributed by atoms with Crippen LogP contribution in [0.4, 0.5) is 17.1 Å². The van der Waals surface area contributed by atoms with E-state index in [9.17, 15) is 4.79 Å². The van der Waals surface area contributed by atoms with Crippen molar-refractivity contribution in [2.24, 2.45) is 0 Å². The third-order valence-electron chi connectivity index (χ3n) is 4.61. The summed E-state index contributed by atoms with van der Waals surface area (Å²) in [5.41, 5.74) is 4.92. The zero-order chi connectivity index (χ0) is 17.9. The van der Waals surface area contributed by atoms with Crippen LogP contribution in [0.3, 0.4) is 0 Å². The van der Waals surface area contributed by atoms with E-state index < -0.39 is 0 Å². The number of carbonyl (C=O) groups excluding carboxylic acids is 1. The summed E-state index contributed by atoms with van der Waals surface area (Å²) >= 11 is 5.12. The molecule has 0 spiro atoms. The molecule has 0 aliphatic carbocycles. The molecule has 134 valence electrons. The Morgan fingerprint density at radius 1 is 1.00 bits per heavy atom. The van der Waals surface area contributed by atoms with E-state index in [2.05, 4.69) is 47.5 Å². The molecule has 0 amide bonds. The lowest BCUT2D eigenvalue weighted by Gasteiger charge is -2.28. The summed E-state index contributed by atoms with van der Waals surface area (Å²) < 4.78 is 2.49. The van der Waals surface area contributed by atoms with Crippen LogP contribution in [0.1, 0.15) is 47.8 Å². The topological polar surface area (TPSA) is 20.3 Å². The highest BCUT2D eigenvalue weighted by atomic mass is 32.2. The van der Waals surface area contributed by atoms with Gasteiger partial charge in [-0.25, -0.2) is 0 Å². The van der Waals surface area contributed by atoms with Crippen molar-refractivity contribution in [3.63, 3.8) is 0 Å². The fourth-order valence-electron chi connectivity index (χ4n) is 3.26. The van der Waals surface area contributed by atoms with Gasteiger partial charge in [0.05, 0.1) is 24.7 Å². The van der Waals surface area contributed by atoms with E-state index in [-0.39, 0.29) is 0 Å². The van der Waals surface area contributed by atoms with Crippen molar-refractivity contribution < 1.29 is 4.79 Å². The Kier molecular flexibility index (Phi) is 5.48. The molecule has 0 saturated heterocycles. The fourth-order valence-corrected chi connectivity index (χ4v) is 6.71. The van der Waals surface area contributed by atoms with Gasteiger partial charge in [0.15, 0.2) is 6.29 Å². The quantitative estimate of drug-likeness (QED) is 0.235. The van der Waals surface area contributed by atoms with Crippen LogP contribution in [0, 0.1) is 0 Å². The highest BCUT2D eigenvalue weighted by molar-refractivity contribution is 8.03. The predicted molar refractivity (Wildman–Crippen MR) is 114 cm³/mol. The molecule has 1 aromatic carbocycles. The van der Waals surface area contributed by atoms with Gasteiger partial charge in [0, 0.05) is 5.69 Å². The van der Waals surface area contributed by atoms with Gasteiger partial charge in [-0.15, -0.1) is 22.7 Å². The van der Waals surface area contributed by atoms with E-state index >= 15 is 0 Å². The number of aryl methyl sites for hydroxylation is 1. The molecular weight excluding hydrogens is 378 g/mol. The van der Waals surface area contributed by atoms with Crippen LogP contribution in [0.2, 0.25) is 0 Å². The van der Waals surface area contributed by atoms with Gasteiger partial charge in [0.25, 0.3) is 0 Å². The molecule has 0 saturated carbocycles. The van der Waals surface area contributed by atoms with Crippen LogP contribution in [0.25, 0.3) is 0 Å². The van der Waals surface area contributed by atoms with Gasteiger partial charge >= 0.3 is 0 Å². The van der Waals surface area contributed by atoms with E-state index in [0.717, 1.165) is 23.3 Å². The van der Waals surface area contributed by atoms with Crippen LogP contribution < -0.4 is 4.90 Å². The van der Waals surface area contributed by atoms with Gasteiger partial charge in [-0.1, -0.05) is 50.1 Å². The van der Waals surface area contributed by atoms with Crippen LogP contribution in [0.5, 0.6) is 0 Å². The van der Waals surface area contributed by atoms with E-state index in [0.29, 0.717) is 0 Å². The molecule has 1 aliphatic heterocycles. The first-order valence-electron chi connectivity index (χ1n) is 9.03. The van der Waals surface area contributed by atoms with Crippen molar-refractivity contribution in [3.05, 3.63) is 52.2 Å². The molecule has 0 fully saturated rings. The lowest BCUT2D eigenvalue weighted by Crippen LogP contribution is -2.12. The van der Waals surface area contributed by atoms with Crippen molar-refractivity contribution in [2.75, 3.05) is 4.90 Å². The summed E-state index contributed by atoms with van der Waals surface area (Å²) in [5.74, 6) is 0. The highest BCUT2D eigenvalue weighted by Gasteiger charge is 2.28. The summed E-state index contributed by atoms with van der Waals surface area (Å²) in [5, 5.41) is 2.14. The van der Waals surface area contributed by atoms with Gasteiger partial charge in [0.1, 0.15) is 0 Å². The largest absolute Gasteiger partial charge is 0.306 e. The number of carbonyl (C=O) groups is 1. The second kappa shape index (κ2) is 7.99. The van der Waals surface area contributed by atoms with Gasteiger partial charge in [-0.2, -0.15) is 0 Å². The smallest absolute Gasteiger partial charge is 0.160 e. The highest BCUT2D eigenvalue weighted by Crippen LogP contribution is 2.56. The molecule has 26 heavy (non-hydrogen) atoms. The maximum absolute atomic E-state index is 11.3. The molecule has 0 N–H and O–H groups in total. The Morgan fingerprint density at radius 2 is 1.85 bits per heavy atom. The number of thiophene rings is 2. The molecule has 2 nitrogen and oxygen atoms in total. The SMILES string of the molecule is CCCCCCc1ccc(N2c3ccsc3Sc3sc(C=O)cc32)cc1. The van der Waals surface area contributed by atoms with Gasteiger partial charge < -0.3 is 4.90 Å². The number of fused-ring (bicyclic) bond motifs is 2. The number of rotatable bonds is 7. The summed E-state index contributed by atoms with van der Waals surface area (Å²) in [6.45, 7) is 2.25. The minimum Gasteiger partial charge on any atom is -0.306 e. The number of hydrogen-bond donors (Lipinski definition) is 0. The number of hydrogen-bond acceptors (Lipinski definition) is 5. The second-order valence-electron chi connectivity index (χ2n) is 6.45. The van der Waals surface area contributed by atoms with Gasteiger partial charge in [-0.3, -0.25) is 4.79 Å². The maximum Gasteiger partial charge on any atom is 0.160 e. The fraction of sp³-hybridized carbons (Fsp3) is 0.286. The van der Waals surface area contributed by atoms with Crippen molar-refractivity contribution in [3.8, 4) is 0 Å². The maximum atomic E-state index is 11.3. The molecule has 5 heteroatoms. The van der Waals surface area contributed by atoms with Crippen molar-refractivity contribution in [1.29, 1.82) is 0 Å². The van der Waals surface area contributed by atoms with Gasteiger partial charge in [0.2, 0.25) is 0 Å². The lowest BCUT2D eigenvalue weighted by molar-refractivity contribution is 0.112. The van der Waals surface area contributed by atoms with Crippen molar-refractivity contribution >= 4 is 57.8 Å². The Morgan fingerprint density at radius 3 is 2.62 bits per heavy atom. The third-order valence-corrected chi connectivity index (χ3v) is 7.97. The number of unbranched alkanes of at least 4 members (excludes halogenated alkanes) is 3. The molecule has 0 atom stereocenters. The van der Waals surface area contributed by atoms with Crippen molar-refractivity contribution in [2.45, 2.75) is 47.4 Å². The van der Waals surface area contributed by atoms with Gasteiger partial charge in [-0.05, 0) is 48.1 Å². The molecule has 4 rings (SSSR count). The first-order valence-corrected chi connectivity index (χ1v) is 11.5. The molecule has 2 aromatic heterocycles. The zero-order valence-corrected chi connectivity index (χ0v) is 17.2. The van der Waals surface area contributed by atoms with Crippen LogP contribution in [0.15, 0.2) is 50.2 Å². The second-order valence-corrected chi connectivity index (χ2v) is 9.98. The summed E-state index contributed by atoms with van der Waals surface area (Å²) in [7, 11) is 0. The van der Waals surface area contributed by atoms with Crippen molar-refractivity contribution in [1.82, 2.24) is 0 Å². The molecule has 0 radical (unpaired) electrons. The summed E-state index contributed by atoms with van der Waals surface area (Å²) in [6, 6.07) is 13.1.